The molecule has 0 spiro atoms. The minimum absolute atomic E-state index is 0.320. The number of nitrogens with two attached hydrogens (primary N) is 1. The van der Waals surface area contributed by atoms with Crippen molar-refractivity contribution in [2.45, 2.75) is 32.6 Å². The average Bonchev–Trinajstić information content (AvgIpc) is 2.61. The molecular formula is C14H20ClNO3. The van der Waals surface area contributed by atoms with E-state index in [1.807, 2.05) is 6.07 Å². The summed E-state index contributed by atoms with van der Waals surface area (Å²) >= 11 is 6.30. The molecule has 1 aliphatic rings. The van der Waals surface area contributed by atoms with E-state index in [4.69, 9.17) is 27.0 Å². The van der Waals surface area contributed by atoms with Crippen LogP contribution < -0.4 is 15.4 Å². The second kappa shape index (κ2) is 6.46. The van der Waals surface area contributed by atoms with Crippen LogP contribution >= 0.6 is 11.6 Å². The lowest BCUT2D eigenvalue weighted by Gasteiger charge is -2.20. The van der Waals surface area contributed by atoms with Gasteiger partial charge in [-0.2, -0.15) is 0 Å². The molecule has 0 bridgehead atoms. The average molecular weight is 286 g/mol. The Balaban J connectivity index is 2.50. The fourth-order valence-corrected chi connectivity index (χ4v) is 2.64. The van der Waals surface area contributed by atoms with Crippen molar-refractivity contribution in [3.8, 4) is 11.5 Å². The highest BCUT2D eigenvalue weighted by Crippen LogP contribution is 2.44. The molecule has 0 saturated heterocycles. The lowest BCUT2D eigenvalue weighted by molar-refractivity contribution is 0.141. The normalized spacial score (nSPS) is 14.6. The first-order valence-corrected chi connectivity index (χ1v) is 6.95. The van der Waals surface area contributed by atoms with Crippen LogP contribution in [0.4, 0.5) is 0 Å². The maximum Gasteiger partial charge on any atom is 0.180 e. The Hall–Kier alpha value is -0.970. The molecule has 0 radical (unpaired) electrons. The van der Waals surface area contributed by atoms with Gasteiger partial charge >= 0.3 is 0 Å². The Kier molecular flexibility index (Phi) is 4.91. The second-order valence-electron chi connectivity index (χ2n) is 4.92. The van der Waals surface area contributed by atoms with Crippen molar-refractivity contribution < 1.29 is 14.3 Å². The maximum absolute atomic E-state index is 6.30. The van der Waals surface area contributed by atoms with Crippen molar-refractivity contribution >= 4 is 11.6 Å². The lowest BCUT2D eigenvalue weighted by Crippen LogP contribution is -2.08. The van der Waals surface area contributed by atoms with Gasteiger partial charge in [-0.1, -0.05) is 25.4 Å². The predicted octanol–water partition coefficient (Wildman–Crippen LogP) is 3.06. The van der Waals surface area contributed by atoms with Crippen LogP contribution in [0.15, 0.2) is 6.07 Å². The van der Waals surface area contributed by atoms with Gasteiger partial charge in [0.05, 0.1) is 24.8 Å². The zero-order chi connectivity index (χ0) is 13.8. The molecule has 0 aliphatic carbocycles. The van der Waals surface area contributed by atoms with Crippen LogP contribution in [0.5, 0.6) is 11.5 Å². The third-order valence-corrected chi connectivity index (χ3v) is 3.44. The number of fused-ring (bicyclic) bond motifs is 1. The van der Waals surface area contributed by atoms with Gasteiger partial charge in [0.15, 0.2) is 11.5 Å². The molecule has 106 valence electrons. The third-order valence-electron chi connectivity index (χ3n) is 3.16. The number of benzene rings is 1. The Bertz CT molecular complexity index is 449. The number of halogens is 1. The molecule has 4 nitrogen and oxygen atoms in total. The van der Waals surface area contributed by atoms with E-state index in [-0.39, 0.29) is 0 Å². The zero-order valence-corrected chi connectivity index (χ0v) is 12.1. The Morgan fingerprint density at radius 3 is 2.63 bits per heavy atom. The van der Waals surface area contributed by atoms with E-state index in [9.17, 15) is 0 Å². The van der Waals surface area contributed by atoms with Gasteiger partial charge in [-0.25, -0.2) is 5.90 Å². The summed E-state index contributed by atoms with van der Waals surface area (Å²) in [5, 5.41) is 0.591. The molecule has 2 N–H and O–H groups in total. The first-order chi connectivity index (χ1) is 9.15. The molecule has 2 rings (SSSR count). The Labute approximate surface area is 118 Å². The molecule has 0 fully saturated rings. The third kappa shape index (κ3) is 3.14. The molecule has 0 amide bonds. The van der Waals surface area contributed by atoms with Crippen LogP contribution in [0.2, 0.25) is 5.02 Å². The second-order valence-corrected chi connectivity index (χ2v) is 5.32. The van der Waals surface area contributed by atoms with E-state index in [2.05, 4.69) is 18.7 Å². The van der Waals surface area contributed by atoms with Gasteiger partial charge < -0.3 is 14.3 Å². The van der Waals surface area contributed by atoms with Crippen molar-refractivity contribution in [2.75, 3.05) is 19.8 Å². The van der Waals surface area contributed by atoms with Gasteiger partial charge in [0.1, 0.15) is 0 Å². The standard InChI is InChI=1S/C14H20ClNO3/c1-9(2)12-10(4-7-19-16)8-11(15)13-14(12)18-6-3-5-17-13/h8-9H,3-7,16H2,1-2H3. The summed E-state index contributed by atoms with van der Waals surface area (Å²) in [5.41, 5.74) is 2.24. The number of hydrogen-bond donors (Lipinski definition) is 1. The van der Waals surface area contributed by atoms with E-state index in [0.717, 1.165) is 23.3 Å². The SMILES string of the molecule is CC(C)c1c(CCON)cc(Cl)c2c1OCCCO2. The van der Waals surface area contributed by atoms with Crippen molar-refractivity contribution in [1.82, 2.24) is 0 Å². The molecule has 1 aromatic carbocycles. The highest BCUT2D eigenvalue weighted by Gasteiger charge is 2.23. The molecule has 1 heterocycles. The summed E-state index contributed by atoms with van der Waals surface area (Å²) in [5.74, 6) is 6.89. The van der Waals surface area contributed by atoms with E-state index in [1.165, 1.54) is 0 Å². The Morgan fingerprint density at radius 2 is 2.00 bits per heavy atom. The van der Waals surface area contributed by atoms with E-state index >= 15 is 0 Å². The predicted molar refractivity (Wildman–Crippen MR) is 75.0 cm³/mol. The summed E-state index contributed by atoms with van der Waals surface area (Å²) in [4.78, 5) is 4.67. The van der Waals surface area contributed by atoms with E-state index < -0.39 is 0 Å². The first kappa shape index (κ1) is 14.4. The number of hydrogen-bond acceptors (Lipinski definition) is 4. The molecule has 1 aromatic rings. The van der Waals surface area contributed by atoms with E-state index in [0.29, 0.717) is 42.9 Å². The van der Waals surface area contributed by atoms with Gasteiger partial charge in [-0.15, -0.1) is 0 Å². The van der Waals surface area contributed by atoms with Crippen LogP contribution in [0.25, 0.3) is 0 Å². The van der Waals surface area contributed by atoms with Crippen molar-refractivity contribution in [2.24, 2.45) is 5.90 Å². The van der Waals surface area contributed by atoms with Crippen molar-refractivity contribution in [3.05, 3.63) is 22.2 Å². The number of ether oxygens (including phenoxy) is 2. The molecular weight excluding hydrogens is 266 g/mol. The highest BCUT2D eigenvalue weighted by atomic mass is 35.5. The fraction of sp³-hybridized carbons (Fsp3) is 0.571. The fourth-order valence-electron chi connectivity index (χ4n) is 2.37. The molecule has 5 heteroatoms. The summed E-state index contributed by atoms with van der Waals surface area (Å²) < 4.78 is 11.6. The monoisotopic (exact) mass is 285 g/mol. The van der Waals surface area contributed by atoms with Crippen LogP contribution in [-0.2, 0) is 11.3 Å². The first-order valence-electron chi connectivity index (χ1n) is 6.57. The van der Waals surface area contributed by atoms with Gasteiger partial charge in [0.25, 0.3) is 0 Å². The van der Waals surface area contributed by atoms with Gasteiger partial charge in [0, 0.05) is 12.0 Å². The largest absolute Gasteiger partial charge is 0.489 e. The molecule has 0 aromatic heterocycles. The van der Waals surface area contributed by atoms with Gasteiger partial charge in [-0.05, 0) is 24.0 Å². The smallest absolute Gasteiger partial charge is 0.180 e. The summed E-state index contributed by atoms with van der Waals surface area (Å²) in [6, 6.07) is 1.93. The van der Waals surface area contributed by atoms with Crippen LogP contribution in [0.3, 0.4) is 0 Å². The molecule has 0 saturated carbocycles. The topological polar surface area (TPSA) is 53.7 Å². The lowest BCUT2D eigenvalue weighted by atomic mass is 9.94. The minimum Gasteiger partial charge on any atom is -0.489 e. The number of rotatable bonds is 4. The van der Waals surface area contributed by atoms with Crippen LogP contribution in [-0.4, -0.2) is 19.8 Å². The molecule has 1 aliphatic heterocycles. The van der Waals surface area contributed by atoms with Crippen LogP contribution in [0.1, 0.15) is 37.3 Å². The van der Waals surface area contributed by atoms with Crippen molar-refractivity contribution in [1.29, 1.82) is 0 Å². The molecule has 0 atom stereocenters. The van der Waals surface area contributed by atoms with Gasteiger partial charge in [-0.3, -0.25) is 0 Å². The molecule has 0 unspecified atom stereocenters. The van der Waals surface area contributed by atoms with Crippen molar-refractivity contribution in [3.63, 3.8) is 0 Å². The zero-order valence-electron chi connectivity index (χ0n) is 11.4. The molecule has 19 heavy (non-hydrogen) atoms. The highest BCUT2D eigenvalue weighted by molar-refractivity contribution is 6.32. The van der Waals surface area contributed by atoms with Crippen LogP contribution in [0, 0.1) is 0 Å². The maximum atomic E-state index is 6.30. The quantitative estimate of drug-likeness (QED) is 0.864. The Morgan fingerprint density at radius 1 is 1.32 bits per heavy atom. The van der Waals surface area contributed by atoms with E-state index in [1.54, 1.807) is 0 Å². The van der Waals surface area contributed by atoms with Gasteiger partial charge in [0.2, 0.25) is 0 Å². The summed E-state index contributed by atoms with van der Waals surface area (Å²) in [6.45, 7) is 6.00. The summed E-state index contributed by atoms with van der Waals surface area (Å²) in [7, 11) is 0. The summed E-state index contributed by atoms with van der Waals surface area (Å²) in [6.07, 6.45) is 1.57. The minimum atomic E-state index is 0.320.